The predicted octanol–water partition coefficient (Wildman–Crippen LogP) is 0.584. The van der Waals surface area contributed by atoms with Gasteiger partial charge in [0.25, 0.3) is 6.43 Å². The SMILES string of the molecule is S.[B]C([B])([B])C(C1CCN(C(=O)Nc2ccon2)CC1)N(C)SOc1cn(C([B])([B])O)nc1C(F)F. The average molecular weight is 530 g/mol. The summed E-state index contributed by atoms with van der Waals surface area (Å²) in [6.07, 6.45) is 0.253. The first-order chi connectivity index (χ1) is 16.3. The summed E-state index contributed by atoms with van der Waals surface area (Å²) in [7, 11) is 30.3. The summed E-state index contributed by atoms with van der Waals surface area (Å²) in [6, 6.07) is 0.499. The Kier molecular flexibility index (Phi) is 10.4. The molecule has 19 heteroatoms. The number of hydrogen-bond acceptors (Lipinski definition) is 8. The van der Waals surface area contributed by atoms with Crippen LogP contribution in [0.5, 0.6) is 5.75 Å². The largest absolute Gasteiger partial charge is 0.406 e. The van der Waals surface area contributed by atoms with Crippen molar-refractivity contribution in [1.29, 1.82) is 0 Å². The lowest BCUT2D eigenvalue weighted by atomic mass is 9.38. The average Bonchev–Trinajstić information content (AvgIpc) is 3.41. The fourth-order valence-electron chi connectivity index (χ4n) is 3.82. The van der Waals surface area contributed by atoms with E-state index in [1.165, 1.54) is 16.6 Å². The normalized spacial score (nSPS) is 16.1. The molecule has 0 spiro atoms. The second kappa shape index (κ2) is 12.2. The van der Waals surface area contributed by atoms with Gasteiger partial charge in [0, 0.05) is 32.2 Å². The Balaban J connectivity index is 0.00000456. The van der Waals surface area contributed by atoms with Crippen molar-refractivity contribution in [3.05, 3.63) is 24.2 Å². The van der Waals surface area contributed by atoms with Crippen molar-refractivity contribution < 1.29 is 27.4 Å². The molecule has 1 unspecified atom stereocenters. The Morgan fingerprint density at radius 3 is 2.47 bits per heavy atom. The summed E-state index contributed by atoms with van der Waals surface area (Å²) < 4.78 is 38.9. The number of aliphatic hydroxyl groups is 1. The van der Waals surface area contributed by atoms with Gasteiger partial charge in [-0.2, -0.15) is 18.6 Å². The first kappa shape index (κ1) is 30.5. The Labute approximate surface area is 225 Å². The van der Waals surface area contributed by atoms with Gasteiger partial charge in [0.15, 0.2) is 17.3 Å². The number of carbonyl (C=O) groups is 1. The van der Waals surface area contributed by atoms with E-state index in [2.05, 4.69) is 15.6 Å². The molecule has 1 saturated heterocycles. The number of alkyl halides is 2. The maximum absolute atomic E-state index is 13.4. The van der Waals surface area contributed by atoms with E-state index in [-0.39, 0.29) is 31.2 Å². The summed E-state index contributed by atoms with van der Waals surface area (Å²) in [5.41, 5.74) is -3.28. The number of piperidine rings is 1. The van der Waals surface area contributed by atoms with Crippen LogP contribution in [-0.4, -0.2) is 101 Å². The lowest BCUT2D eigenvalue weighted by Gasteiger charge is -2.45. The third-order valence-electron chi connectivity index (χ3n) is 5.38. The van der Waals surface area contributed by atoms with Gasteiger partial charge in [0.1, 0.15) is 34.2 Å². The molecule has 2 aromatic rings. The van der Waals surface area contributed by atoms with Crippen molar-refractivity contribution in [3.63, 3.8) is 0 Å². The molecule has 1 aliphatic heterocycles. The van der Waals surface area contributed by atoms with Gasteiger partial charge in [0.05, 0.1) is 35.3 Å². The first-order valence-corrected chi connectivity index (χ1v) is 11.1. The molecular formula is C17H21B5F2N6O4S2. The highest BCUT2D eigenvalue weighted by molar-refractivity contribution is 7.92. The summed E-state index contributed by atoms with van der Waals surface area (Å²) in [6.45, 7) is 0.766. The van der Waals surface area contributed by atoms with Crippen LogP contribution in [0, 0.1) is 5.92 Å². The molecule has 10 nitrogen and oxygen atoms in total. The number of amides is 2. The highest BCUT2D eigenvalue weighted by Crippen LogP contribution is 2.38. The van der Waals surface area contributed by atoms with Crippen molar-refractivity contribution >= 4 is 76.8 Å². The Morgan fingerprint density at radius 2 is 1.97 bits per heavy atom. The molecule has 184 valence electrons. The fraction of sp³-hybridized carbons (Fsp3) is 0.588. The number of anilines is 1. The van der Waals surface area contributed by atoms with Gasteiger partial charge in [-0.15, -0.1) is 5.11 Å². The van der Waals surface area contributed by atoms with E-state index >= 15 is 0 Å². The number of carbonyl (C=O) groups excluding carboxylic acids is 1. The van der Waals surface area contributed by atoms with Gasteiger partial charge < -0.3 is 18.7 Å². The Morgan fingerprint density at radius 1 is 1.33 bits per heavy atom. The number of nitrogens with zero attached hydrogens (tertiary/aromatic N) is 5. The molecule has 1 fully saturated rings. The molecule has 1 aliphatic rings. The van der Waals surface area contributed by atoms with Crippen LogP contribution in [-0.2, 0) is 5.52 Å². The van der Waals surface area contributed by atoms with Crippen LogP contribution in [0.2, 0.25) is 5.11 Å². The fourth-order valence-corrected chi connectivity index (χ4v) is 4.59. The van der Waals surface area contributed by atoms with Crippen LogP contribution in [0.25, 0.3) is 0 Å². The monoisotopic (exact) mass is 530 g/mol. The van der Waals surface area contributed by atoms with Crippen molar-refractivity contribution in [2.24, 2.45) is 5.92 Å². The maximum atomic E-state index is 13.4. The third-order valence-corrected chi connectivity index (χ3v) is 6.09. The van der Waals surface area contributed by atoms with E-state index < -0.39 is 28.8 Å². The number of aromatic nitrogens is 3. The van der Waals surface area contributed by atoms with Crippen molar-refractivity contribution in [1.82, 2.24) is 24.1 Å². The lowest BCUT2D eigenvalue weighted by molar-refractivity contribution is 0.116. The number of nitrogens with one attached hydrogen (secondary N) is 1. The van der Waals surface area contributed by atoms with Crippen LogP contribution in [0.4, 0.5) is 19.4 Å². The molecule has 0 saturated carbocycles. The predicted molar refractivity (Wildman–Crippen MR) is 139 cm³/mol. The van der Waals surface area contributed by atoms with Crippen LogP contribution >= 0.6 is 25.7 Å². The highest BCUT2D eigenvalue weighted by atomic mass is 32.2. The summed E-state index contributed by atoms with van der Waals surface area (Å²) in [5, 5.41) is 17.7. The highest BCUT2D eigenvalue weighted by Gasteiger charge is 2.38. The number of urea groups is 1. The lowest BCUT2D eigenvalue weighted by Crippen LogP contribution is -2.50. The minimum atomic E-state index is -3.03. The second-order valence-corrected chi connectivity index (χ2v) is 9.09. The minimum Gasteiger partial charge on any atom is -0.406 e. The zero-order valence-electron chi connectivity index (χ0n) is 19.3. The van der Waals surface area contributed by atoms with Crippen LogP contribution in [0.3, 0.4) is 0 Å². The summed E-state index contributed by atoms with van der Waals surface area (Å²) in [5.74, 6) is -0.244. The molecule has 1 atom stereocenters. The molecule has 2 N–H and O–H groups in total. The van der Waals surface area contributed by atoms with Crippen LogP contribution in [0.1, 0.15) is 25.0 Å². The van der Waals surface area contributed by atoms with Gasteiger partial charge in [-0.3, -0.25) is 10.00 Å². The first-order valence-electron chi connectivity index (χ1n) is 10.4. The van der Waals surface area contributed by atoms with Crippen molar-refractivity contribution in [3.8, 4) is 5.75 Å². The van der Waals surface area contributed by atoms with E-state index in [0.717, 1.165) is 6.20 Å². The van der Waals surface area contributed by atoms with E-state index in [4.69, 9.17) is 47.9 Å². The van der Waals surface area contributed by atoms with Gasteiger partial charge in [-0.05, 0) is 18.8 Å². The smallest absolute Gasteiger partial charge is 0.323 e. The van der Waals surface area contributed by atoms with E-state index in [0.29, 0.717) is 48.7 Å². The van der Waals surface area contributed by atoms with Gasteiger partial charge >= 0.3 is 6.03 Å². The van der Waals surface area contributed by atoms with Gasteiger partial charge in [-0.1, -0.05) is 5.16 Å². The second-order valence-electron chi connectivity index (χ2n) is 8.20. The molecule has 0 bridgehead atoms. The van der Waals surface area contributed by atoms with Crippen molar-refractivity contribution in [2.75, 3.05) is 25.5 Å². The standard InChI is InChI=1S/C17H19B5F2N6O4S.H2S/c1-28(35-34-10-8-30(17(21,22)32)26-12(10)14(23)24)13(16(18,19)20)9-2-5-29(6-3-9)15(31)25-11-4-7-33-27-11;/h4,7-9,13-14,32H,2-3,5-6H2,1H3,(H,25,27,31);1H2. The molecule has 3 rings (SSSR count). The number of hydrogen-bond donors (Lipinski definition) is 2. The molecule has 0 aliphatic carbocycles. The third kappa shape index (κ3) is 7.65. The Hall–Kier alpha value is -1.71. The summed E-state index contributed by atoms with van der Waals surface area (Å²) >= 11 is 0.655. The van der Waals surface area contributed by atoms with Crippen molar-refractivity contribution in [2.45, 2.75) is 35.9 Å². The molecule has 2 aromatic heterocycles. The quantitative estimate of drug-likeness (QED) is 0.276. The molecule has 0 aromatic carbocycles. The van der Waals surface area contributed by atoms with Gasteiger partial charge in [-0.25, -0.2) is 17.9 Å². The molecule has 3 heterocycles. The Bertz CT molecular complexity index is 987. The van der Waals surface area contributed by atoms with Crippen LogP contribution < -0.4 is 9.50 Å². The van der Waals surface area contributed by atoms with E-state index in [1.807, 2.05) is 0 Å². The zero-order valence-corrected chi connectivity index (χ0v) is 21.1. The minimum absolute atomic E-state index is 0. The number of likely N-dealkylation sites (tertiary alicyclic amines) is 1. The molecule has 2 amide bonds. The molecular weight excluding hydrogens is 508 g/mol. The van der Waals surface area contributed by atoms with Gasteiger partial charge in [0.2, 0.25) is 0 Å². The zero-order chi connectivity index (χ0) is 26.0. The summed E-state index contributed by atoms with van der Waals surface area (Å²) in [4.78, 5) is 14.0. The molecule has 36 heavy (non-hydrogen) atoms. The van der Waals surface area contributed by atoms with E-state index in [9.17, 15) is 18.7 Å². The maximum Gasteiger partial charge on any atom is 0.323 e. The molecule has 10 radical (unpaired) electrons. The van der Waals surface area contributed by atoms with Crippen LogP contribution in [0.15, 0.2) is 23.0 Å². The number of rotatable bonds is 9. The topological polar surface area (TPSA) is 109 Å². The van der Waals surface area contributed by atoms with E-state index in [1.54, 1.807) is 11.9 Å². The number of halogens is 2.